The van der Waals surface area contributed by atoms with Gasteiger partial charge in [-0.1, -0.05) is 47.7 Å². The lowest BCUT2D eigenvalue weighted by Gasteiger charge is -2.11. The number of thioether (sulfide) groups is 1. The molecule has 154 valence electrons. The van der Waals surface area contributed by atoms with Gasteiger partial charge in [0, 0.05) is 0 Å². The molecule has 30 heavy (non-hydrogen) atoms. The Balaban J connectivity index is 1.81. The number of carboxylic acid groups (broad SMARTS) is 1. The molecular weight excluding hydrogens is 426 g/mol. The van der Waals surface area contributed by atoms with Gasteiger partial charge < -0.3 is 14.6 Å². The number of rotatable bonds is 6. The fraction of sp³-hybridized carbons (Fsp3) is 0.143. The molecule has 1 fully saturated rings. The molecule has 1 aliphatic rings. The fourth-order valence-electron chi connectivity index (χ4n) is 2.71. The second-order valence-electron chi connectivity index (χ2n) is 6.33. The zero-order valence-electron chi connectivity index (χ0n) is 16.1. The van der Waals surface area contributed by atoms with E-state index >= 15 is 0 Å². The van der Waals surface area contributed by atoms with Crippen LogP contribution in [-0.4, -0.2) is 45.8 Å². The number of carbonyl (C=O) groups is 3. The summed E-state index contributed by atoms with van der Waals surface area (Å²) in [7, 11) is 1.44. The van der Waals surface area contributed by atoms with Gasteiger partial charge in [-0.2, -0.15) is 0 Å². The molecule has 0 bridgehead atoms. The van der Waals surface area contributed by atoms with Gasteiger partial charge in [0.05, 0.1) is 17.6 Å². The van der Waals surface area contributed by atoms with Crippen LogP contribution in [0.2, 0.25) is 0 Å². The lowest BCUT2D eigenvalue weighted by molar-refractivity contribution is -0.140. The molecule has 0 radical (unpaired) electrons. The molecule has 0 saturated carbocycles. The summed E-state index contributed by atoms with van der Waals surface area (Å²) in [6.07, 6.45) is 1.58. The lowest BCUT2D eigenvalue weighted by Crippen LogP contribution is -2.33. The molecule has 0 spiro atoms. The largest absolute Gasteiger partial charge is 0.493 e. The van der Waals surface area contributed by atoms with Crippen molar-refractivity contribution in [2.24, 2.45) is 0 Å². The highest BCUT2D eigenvalue weighted by Gasteiger charge is 2.33. The Morgan fingerprint density at radius 2 is 1.97 bits per heavy atom. The molecule has 1 N–H and O–H groups in total. The van der Waals surface area contributed by atoms with Crippen LogP contribution in [0.5, 0.6) is 11.5 Å². The number of amides is 1. The Hall–Kier alpha value is -3.17. The Labute approximate surface area is 182 Å². The maximum Gasteiger partial charge on any atom is 0.343 e. The Bertz CT molecular complexity index is 1080. The van der Waals surface area contributed by atoms with Gasteiger partial charge >= 0.3 is 11.9 Å². The normalized spacial score (nSPS) is 14.9. The summed E-state index contributed by atoms with van der Waals surface area (Å²) in [6.45, 7) is 1.39. The smallest absolute Gasteiger partial charge is 0.343 e. The molecule has 0 atom stereocenters. The third-order valence-electron chi connectivity index (χ3n) is 4.11. The number of benzene rings is 2. The first-order valence-electron chi connectivity index (χ1n) is 8.72. The molecular formula is C21H17NO6S2. The fourth-order valence-corrected chi connectivity index (χ4v) is 3.97. The van der Waals surface area contributed by atoms with Crippen molar-refractivity contribution in [1.29, 1.82) is 0 Å². The first-order chi connectivity index (χ1) is 14.3. The molecule has 9 heteroatoms. The van der Waals surface area contributed by atoms with Crippen LogP contribution >= 0.6 is 24.0 Å². The molecule has 3 rings (SSSR count). The van der Waals surface area contributed by atoms with E-state index in [9.17, 15) is 14.4 Å². The van der Waals surface area contributed by atoms with E-state index in [1.165, 1.54) is 7.11 Å². The summed E-state index contributed by atoms with van der Waals surface area (Å²) < 4.78 is 11.0. The first kappa shape index (κ1) is 21.5. The average molecular weight is 444 g/mol. The van der Waals surface area contributed by atoms with Crippen molar-refractivity contribution in [2.45, 2.75) is 6.92 Å². The molecule has 1 heterocycles. The molecule has 7 nitrogen and oxygen atoms in total. The van der Waals surface area contributed by atoms with E-state index in [2.05, 4.69) is 0 Å². The minimum atomic E-state index is -1.14. The van der Waals surface area contributed by atoms with Crippen molar-refractivity contribution in [1.82, 2.24) is 4.90 Å². The van der Waals surface area contributed by atoms with Gasteiger partial charge in [0.1, 0.15) is 10.9 Å². The third-order valence-corrected chi connectivity index (χ3v) is 5.49. The highest BCUT2D eigenvalue weighted by Crippen LogP contribution is 2.34. The minimum absolute atomic E-state index is 0.185. The summed E-state index contributed by atoms with van der Waals surface area (Å²) in [5.41, 5.74) is 1.97. The van der Waals surface area contributed by atoms with Gasteiger partial charge in [-0.05, 0) is 42.8 Å². The quantitative estimate of drug-likeness (QED) is 0.314. The van der Waals surface area contributed by atoms with Crippen LogP contribution in [0.25, 0.3) is 6.08 Å². The summed E-state index contributed by atoms with van der Waals surface area (Å²) in [4.78, 5) is 37.0. The standard InChI is InChI=1S/C21H17NO6S2/c1-12-4-3-5-14(8-12)20(26)28-15-7-6-13(9-16(15)27-2)10-17-19(25)22(11-18(23)24)21(29)30-17/h3-10H,11H2,1-2H3,(H,23,24)/b17-10+. The van der Waals surface area contributed by atoms with Crippen molar-refractivity contribution in [3.63, 3.8) is 0 Å². The molecule has 0 aliphatic carbocycles. The number of carboxylic acids is 1. The number of thiocarbonyl (C=S) groups is 1. The van der Waals surface area contributed by atoms with Crippen LogP contribution in [0.4, 0.5) is 0 Å². The Morgan fingerprint density at radius 3 is 2.63 bits per heavy atom. The minimum Gasteiger partial charge on any atom is -0.493 e. The predicted octanol–water partition coefficient (Wildman–Crippen LogP) is 3.51. The monoisotopic (exact) mass is 443 g/mol. The summed E-state index contributed by atoms with van der Waals surface area (Å²) in [6, 6.07) is 11.9. The lowest BCUT2D eigenvalue weighted by atomic mass is 10.1. The number of aryl methyl sites for hydroxylation is 1. The van der Waals surface area contributed by atoms with E-state index < -0.39 is 24.4 Å². The maximum absolute atomic E-state index is 12.4. The van der Waals surface area contributed by atoms with Gasteiger partial charge in [0.2, 0.25) is 0 Å². The summed E-state index contributed by atoms with van der Waals surface area (Å²) in [5.74, 6) is -1.58. The number of aliphatic carboxylic acids is 1. The SMILES string of the molecule is COc1cc(/C=C2/SC(=S)N(CC(=O)O)C2=O)ccc1OC(=O)c1cccc(C)c1. The number of ether oxygens (including phenoxy) is 2. The zero-order valence-corrected chi connectivity index (χ0v) is 17.7. The number of nitrogens with zero attached hydrogens (tertiary/aromatic N) is 1. The third kappa shape index (κ3) is 4.87. The van der Waals surface area contributed by atoms with Crippen LogP contribution in [0.1, 0.15) is 21.5 Å². The topological polar surface area (TPSA) is 93.1 Å². The molecule has 2 aromatic carbocycles. The molecule has 1 amide bonds. The van der Waals surface area contributed by atoms with E-state index in [-0.39, 0.29) is 10.1 Å². The average Bonchev–Trinajstić information content (AvgIpc) is 2.96. The van der Waals surface area contributed by atoms with Gasteiger partial charge in [-0.25, -0.2) is 4.79 Å². The van der Waals surface area contributed by atoms with Crippen LogP contribution < -0.4 is 9.47 Å². The van der Waals surface area contributed by atoms with Crippen molar-refractivity contribution in [2.75, 3.05) is 13.7 Å². The van der Waals surface area contributed by atoms with Crippen molar-refractivity contribution >= 4 is 52.2 Å². The predicted molar refractivity (Wildman–Crippen MR) is 117 cm³/mol. The number of methoxy groups -OCH3 is 1. The molecule has 1 aliphatic heterocycles. The van der Waals surface area contributed by atoms with Gasteiger partial charge in [0.15, 0.2) is 11.5 Å². The number of carbonyl (C=O) groups excluding carboxylic acids is 2. The zero-order chi connectivity index (χ0) is 21.8. The Morgan fingerprint density at radius 1 is 1.20 bits per heavy atom. The molecule has 0 unspecified atom stereocenters. The number of esters is 1. The van der Waals surface area contributed by atoms with Crippen LogP contribution in [-0.2, 0) is 9.59 Å². The van der Waals surface area contributed by atoms with E-state index in [0.717, 1.165) is 22.2 Å². The van der Waals surface area contributed by atoms with E-state index in [4.69, 9.17) is 26.8 Å². The van der Waals surface area contributed by atoms with Crippen LogP contribution in [0.15, 0.2) is 47.4 Å². The van der Waals surface area contributed by atoms with Crippen LogP contribution in [0, 0.1) is 6.92 Å². The van der Waals surface area contributed by atoms with Gasteiger partial charge in [-0.15, -0.1) is 0 Å². The van der Waals surface area contributed by atoms with Crippen LogP contribution in [0.3, 0.4) is 0 Å². The molecule has 2 aromatic rings. The number of hydrogen-bond donors (Lipinski definition) is 1. The Kier molecular flexibility index (Phi) is 6.53. The van der Waals surface area contributed by atoms with Crippen molar-refractivity contribution in [3.8, 4) is 11.5 Å². The second-order valence-corrected chi connectivity index (χ2v) is 8.01. The second kappa shape index (κ2) is 9.10. The number of hydrogen-bond acceptors (Lipinski definition) is 7. The maximum atomic E-state index is 12.4. The van der Waals surface area contributed by atoms with Gasteiger partial charge in [0.25, 0.3) is 5.91 Å². The van der Waals surface area contributed by atoms with Gasteiger partial charge in [-0.3, -0.25) is 14.5 Å². The van der Waals surface area contributed by atoms with E-state index in [1.807, 2.05) is 13.0 Å². The van der Waals surface area contributed by atoms with Crippen molar-refractivity contribution in [3.05, 3.63) is 64.1 Å². The highest BCUT2D eigenvalue weighted by atomic mass is 32.2. The van der Waals surface area contributed by atoms with E-state index in [0.29, 0.717) is 21.8 Å². The molecule has 0 aromatic heterocycles. The van der Waals surface area contributed by atoms with Crippen molar-refractivity contribution < 1.29 is 29.0 Å². The first-order valence-corrected chi connectivity index (χ1v) is 9.95. The highest BCUT2D eigenvalue weighted by molar-refractivity contribution is 8.26. The van der Waals surface area contributed by atoms with E-state index in [1.54, 1.807) is 42.5 Å². The molecule has 1 saturated heterocycles. The summed E-state index contributed by atoms with van der Waals surface area (Å²) >= 11 is 6.11. The summed E-state index contributed by atoms with van der Waals surface area (Å²) in [5, 5.41) is 8.91.